The van der Waals surface area contributed by atoms with E-state index < -0.39 is 0 Å². The number of anilines is 1. The molecule has 0 aliphatic heterocycles. The van der Waals surface area contributed by atoms with Crippen molar-refractivity contribution in [3.63, 3.8) is 0 Å². The summed E-state index contributed by atoms with van der Waals surface area (Å²) in [5.41, 5.74) is 3.13. The van der Waals surface area contributed by atoms with Crippen molar-refractivity contribution in [2.45, 2.75) is 26.7 Å². The zero-order valence-corrected chi connectivity index (χ0v) is 13.4. The van der Waals surface area contributed by atoms with Crippen LogP contribution in [0.1, 0.15) is 42.1 Å². The molecule has 106 valence electrons. The first-order valence-corrected chi connectivity index (χ1v) is 7.51. The second-order valence-electron chi connectivity index (χ2n) is 5.39. The second kappa shape index (κ2) is 5.75. The standard InChI is InChI=1S/C16H20N2OS/c1-10(2)14-15(11(3)19)20-16(17-14)12-6-8-13(9-7-12)18(4)5/h6-10H,1-5H3. The van der Waals surface area contributed by atoms with E-state index in [1.54, 1.807) is 6.92 Å². The highest BCUT2D eigenvalue weighted by Crippen LogP contribution is 2.32. The van der Waals surface area contributed by atoms with Gasteiger partial charge >= 0.3 is 0 Å². The van der Waals surface area contributed by atoms with Gasteiger partial charge in [-0.3, -0.25) is 4.79 Å². The molecule has 1 aromatic carbocycles. The van der Waals surface area contributed by atoms with Crippen LogP contribution >= 0.6 is 11.3 Å². The van der Waals surface area contributed by atoms with Crippen molar-refractivity contribution >= 4 is 22.8 Å². The lowest BCUT2D eigenvalue weighted by Gasteiger charge is -2.12. The van der Waals surface area contributed by atoms with Crippen molar-refractivity contribution < 1.29 is 4.79 Å². The summed E-state index contributed by atoms with van der Waals surface area (Å²) in [5.74, 6) is 0.363. The van der Waals surface area contributed by atoms with Gasteiger partial charge in [0.25, 0.3) is 0 Å². The van der Waals surface area contributed by atoms with Crippen molar-refractivity contribution in [1.29, 1.82) is 0 Å². The number of hydrogen-bond donors (Lipinski definition) is 0. The molecule has 0 bridgehead atoms. The molecule has 0 radical (unpaired) electrons. The van der Waals surface area contributed by atoms with Crippen molar-refractivity contribution in [1.82, 2.24) is 4.98 Å². The molecule has 0 unspecified atom stereocenters. The number of carbonyl (C=O) groups is 1. The van der Waals surface area contributed by atoms with E-state index in [-0.39, 0.29) is 11.7 Å². The monoisotopic (exact) mass is 288 g/mol. The van der Waals surface area contributed by atoms with Crippen LogP contribution < -0.4 is 4.90 Å². The van der Waals surface area contributed by atoms with Crippen molar-refractivity contribution in [2.75, 3.05) is 19.0 Å². The van der Waals surface area contributed by atoms with E-state index in [0.717, 1.165) is 26.8 Å². The Morgan fingerprint density at radius 1 is 1.20 bits per heavy atom. The molecule has 4 heteroatoms. The van der Waals surface area contributed by atoms with Crippen LogP contribution in [0, 0.1) is 0 Å². The lowest BCUT2D eigenvalue weighted by Crippen LogP contribution is -2.07. The largest absolute Gasteiger partial charge is 0.378 e. The van der Waals surface area contributed by atoms with Gasteiger partial charge in [-0.15, -0.1) is 11.3 Å². The number of aromatic nitrogens is 1. The molecule has 0 saturated heterocycles. The lowest BCUT2D eigenvalue weighted by atomic mass is 10.1. The Labute approximate surface area is 124 Å². The first-order chi connectivity index (χ1) is 9.40. The Morgan fingerprint density at radius 2 is 1.80 bits per heavy atom. The van der Waals surface area contributed by atoms with Gasteiger partial charge in [-0.25, -0.2) is 4.98 Å². The van der Waals surface area contributed by atoms with Crippen LogP contribution in [0.15, 0.2) is 24.3 Å². The number of hydrogen-bond acceptors (Lipinski definition) is 4. The second-order valence-corrected chi connectivity index (χ2v) is 6.38. The number of thiazole rings is 1. The lowest BCUT2D eigenvalue weighted by molar-refractivity contribution is 0.102. The topological polar surface area (TPSA) is 33.2 Å². The van der Waals surface area contributed by atoms with E-state index in [0.29, 0.717) is 0 Å². The molecule has 0 fully saturated rings. The van der Waals surface area contributed by atoms with Crippen LogP contribution in [-0.2, 0) is 0 Å². The van der Waals surface area contributed by atoms with Gasteiger partial charge in [-0.2, -0.15) is 0 Å². The van der Waals surface area contributed by atoms with Crippen molar-refractivity contribution in [3.05, 3.63) is 34.8 Å². The van der Waals surface area contributed by atoms with Gasteiger partial charge in [0, 0.05) is 32.3 Å². The molecule has 0 N–H and O–H groups in total. The number of nitrogens with zero attached hydrogens (tertiary/aromatic N) is 2. The summed E-state index contributed by atoms with van der Waals surface area (Å²) >= 11 is 1.49. The van der Waals surface area contributed by atoms with Gasteiger partial charge in [0.2, 0.25) is 0 Å². The third kappa shape index (κ3) is 2.90. The molecule has 0 saturated carbocycles. The summed E-state index contributed by atoms with van der Waals surface area (Å²) in [6, 6.07) is 8.25. The molecular weight excluding hydrogens is 268 g/mol. The minimum Gasteiger partial charge on any atom is -0.378 e. The van der Waals surface area contributed by atoms with E-state index in [1.165, 1.54) is 11.3 Å². The molecule has 0 spiro atoms. The summed E-state index contributed by atoms with van der Waals surface area (Å²) in [5, 5.41) is 0.921. The van der Waals surface area contributed by atoms with Crippen LogP contribution in [-0.4, -0.2) is 24.9 Å². The Balaban J connectivity index is 2.42. The zero-order valence-electron chi connectivity index (χ0n) is 12.6. The fraction of sp³-hybridized carbons (Fsp3) is 0.375. The Kier molecular flexibility index (Phi) is 4.23. The molecule has 20 heavy (non-hydrogen) atoms. The highest BCUT2D eigenvalue weighted by atomic mass is 32.1. The number of carbonyl (C=O) groups excluding carboxylic acids is 1. The maximum Gasteiger partial charge on any atom is 0.171 e. The van der Waals surface area contributed by atoms with Crippen LogP contribution in [0.4, 0.5) is 5.69 Å². The molecule has 0 atom stereocenters. The maximum atomic E-state index is 11.7. The van der Waals surface area contributed by atoms with Gasteiger partial charge in [0.05, 0.1) is 10.6 Å². The normalized spacial score (nSPS) is 10.9. The Hall–Kier alpha value is -1.68. The summed E-state index contributed by atoms with van der Waals surface area (Å²) in [6.45, 7) is 5.75. The minimum absolute atomic E-state index is 0.0994. The molecule has 2 rings (SSSR count). The quantitative estimate of drug-likeness (QED) is 0.790. The number of rotatable bonds is 4. The van der Waals surface area contributed by atoms with E-state index >= 15 is 0 Å². The van der Waals surface area contributed by atoms with E-state index in [4.69, 9.17) is 0 Å². The fourth-order valence-corrected chi connectivity index (χ4v) is 3.12. The molecule has 0 aliphatic carbocycles. The minimum atomic E-state index is 0.0994. The third-order valence-electron chi connectivity index (χ3n) is 3.15. The molecule has 3 nitrogen and oxygen atoms in total. The van der Waals surface area contributed by atoms with Crippen molar-refractivity contribution in [3.8, 4) is 10.6 Å². The van der Waals surface area contributed by atoms with Crippen LogP contribution in [0.2, 0.25) is 0 Å². The van der Waals surface area contributed by atoms with E-state index in [9.17, 15) is 4.79 Å². The van der Waals surface area contributed by atoms with Crippen molar-refractivity contribution in [2.24, 2.45) is 0 Å². The molecular formula is C16H20N2OS. The van der Waals surface area contributed by atoms with Gasteiger partial charge in [-0.05, 0) is 30.2 Å². The summed E-state index contributed by atoms with van der Waals surface area (Å²) in [4.78, 5) is 19.2. The molecule has 1 heterocycles. The zero-order chi connectivity index (χ0) is 14.9. The highest BCUT2D eigenvalue weighted by Gasteiger charge is 2.18. The SMILES string of the molecule is CC(=O)c1sc(-c2ccc(N(C)C)cc2)nc1C(C)C. The average Bonchev–Trinajstić information content (AvgIpc) is 2.84. The predicted molar refractivity (Wildman–Crippen MR) is 86.0 cm³/mol. The van der Waals surface area contributed by atoms with Gasteiger partial charge in [-0.1, -0.05) is 13.8 Å². The van der Waals surface area contributed by atoms with Crippen LogP contribution in [0.25, 0.3) is 10.6 Å². The molecule has 2 aromatic rings. The first-order valence-electron chi connectivity index (χ1n) is 6.69. The van der Waals surface area contributed by atoms with Gasteiger partial charge in [0.15, 0.2) is 5.78 Å². The highest BCUT2D eigenvalue weighted by molar-refractivity contribution is 7.17. The smallest absolute Gasteiger partial charge is 0.171 e. The number of benzene rings is 1. The molecule has 1 aromatic heterocycles. The summed E-state index contributed by atoms with van der Waals surface area (Å²) < 4.78 is 0. The summed E-state index contributed by atoms with van der Waals surface area (Å²) in [7, 11) is 4.03. The fourth-order valence-electron chi connectivity index (χ4n) is 2.00. The van der Waals surface area contributed by atoms with Crippen LogP contribution in [0.5, 0.6) is 0 Å². The molecule has 0 amide bonds. The van der Waals surface area contributed by atoms with Gasteiger partial charge in [0.1, 0.15) is 5.01 Å². The Bertz CT molecular complexity index is 612. The number of ketones is 1. The van der Waals surface area contributed by atoms with Gasteiger partial charge < -0.3 is 4.90 Å². The predicted octanol–water partition coefficient (Wildman–Crippen LogP) is 4.20. The average molecular weight is 288 g/mol. The van der Waals surface area contributed by atoms with E-state index in [2.05, 4.69) is 48.0 Å². The summed E-state index contributed by atoms with van der Waals surface area (Å²) in [6.07, 6.45) is 0. The number of Topliss-reactive ketones (excluding diaryl/α,β-unsaturated/α-hetero) is 1. The molecule has 0 aliphatic rings. The van der Waals surface area contributed by atoms with E-state index in [1.807, 2.05) is 14.1 Å². The first kappa shape index (κ1) is 14.7. The van der Waals surface area contributed by atoms with Crippen LogP contribution in [0.3, 0.4) is 0 Å². The maximum absolute atomic E-state index is 11.7. The Morgan fingerprint density at radius 3 is 2.20 bits per heavy atom. The third-order valence-corrected chi connectivity index (χ3v) is 4.37.